The van der Waals surface area contributed by atoms with Crippen LogP contribution in [0.4, 0.5) is 5.00 Å². The van der Waals surface area contributed by atoms with E-state index in [2.05, 4.69) is 27.3 Å². The predicted octanol–water partition coefficient (Wildman–Crippen LogP) is 4.92. The molecular formula is C19H17BrN2O2S. The van der Waals surface area contributed by atoms with Crippen LogP contribution >= 0.6 is 27.3 Å². The van der Waals surface area contributed by atoms with Crippen LogP contribution in [-0.2, 0) is 17.6 Å². The topological polar surface area (TPSA) is 62.1 Å². The number of methoxy groups -OCH3 is 1. The number of amides is 1. The van der Waals surface area contributed by atoms with Crippen LogP contribution < -0.4 is 10.1 Å². The Labute approximate surface area is 159 Å². The molecule has 1 N–H and O–H groups in total. The van der Waals surface area contributed by atoms with E-state index in [1.165, 1.54) is 22.3 Å². The van der Waals surface area contributed by atoms with Crippen molar-refractivity contribution in [2.75, 3.05) is 12.4 Å². The van der Waals surface area contributed by atoms with Crippen molar-refractivity contribution in [1.82, 2.24) is 0 Å². The van der Waals surface area contributed by atoms with Gasteiger partial charge in [-0.05, 0) is 55.5 Å². The maximum absolute atomic E-state index is 12.3. The lowest BCUT2D eigenvalue weighted by atomic mass is 9.96. The third-order valence-corrected chi connectivity index (χ3v) is 5.83. The van der Waals surface area contributed by atoms with Gasteiger partial charge >= 0.3 is 0 Å². The molecule has 4 nitrogen and oxygen atoms in total. The Hall–Kier alpha value is -2.10. The number of rotatable bonds is 4. The lowest BCUT2D eigenvalue weighted by molar-refractivity contribution is -0.111. The van der Waals surface area contributed by atoms with Gasteiger partial charge in [0.2, 0.25) is 5.91 Å². The SMILES string of the molecule is COc1ccc(Br)cc1C=CC(=O)Nc1sc2c(c1C#N)CCCC2. The van der Waals surface area contributed by atoms with E-state index in [4.69, 9.17) is 4.74 Å². The van der Waals surface area contributed by atoms with Gasteiger partial charge in [0.1, 0.15) is 16.8 Å². The van der Waals surface area contributed by atoms with Crippen LogP contribution in [0.25, 0.3) is 6.08 Å². The van der Waals surface area contributed by atoms with Crippen LogP contribution in [0, 0.1) is 11.3 Å². The summed E-state index contributed by atoms with van der Waals surface area (Å²) in [6.07, 6.45) is 7.34. The van der Waals surface area contributed by atoms with E-state index in [0.717, 1.165) is 41.3 Å². The monoisotopic (exact) mass is 416 g/mol. The molecule has 1 aliphatic rings. The van der Waals surface area contributed by atoms with E-state index in [9.17, 15) is 10.1 Å². The average Bonchev–Trinajstić information content (AvgIpc) is 2.97. The Bertz CT molecular complexity index is 880. The van der Waals surface area contributed by atoms with Gasteiger partial charge in [0.25, 0.3) is 0 Å². The molecule has 1 heterocycles. The molecule has 0 saturated heterocycles. The van der Waals surface area contributed by atoms with Gasteiger partial charge in [-0.3, -0.25) is 4.79 Å². The number of ether oxygens (including phenoxy) is 1. The number of aryl methyl sites for hydroxylation is 1. The second kappa shape index (κ2) is 7.85. The van der Waals surface area contributed by atoms with Crippen LogP contribution in [0.2, 0.25) is 0 Å². The van der Waals surface area contributed by atoms with E-state index in [-0.39, 0.29) is 5.91 Å². The summed E-state index contributed by atoms with van der Waals surface area (Å²) in [5.74, 6) is 0.439. The van der Waals surface area contributed by atoms with Crippen LogP contribution in [0.15, 0.2) is 28.7 Å². The summed E-state index contributed by atoms with van der Waals surface area (Å²) in [5, 5.41) is 13.0. The summed E-state index contributed by atoms with van der Waals surface area (Å²) >= 11 is 4.94. The zero-order valence-corrected chi connectivity index (χ0v) is 16.2. The van der Waals surface area contributed by atoms with Crippen molar-refractivity contribution in [3.8, 4) is 11.8 Å². The van der Waals surface area contributed by atoms with Crippen molar-refractivity contribution in [2.24, 2.45) is 0 Å². The molecule has 0 unspecified atom stereocenters. The number of benzene rings is 1. The number of anilines is 1. The smallest absolute Gasteiger partial charge is 0.249 e. The number of nitrogens with one attached hydrogen (secondary N) is 1. The summed E-state index contributed by atoms with van der Waals surface area (Å²) in [6.45, 7) is 0. The van der Waals surface area contributed by atoms with Crippen molar-refractivity contribution >= 4 is 44.3 Å². The summed E-state index contributed by atoms with van der Waals surface area (Å²) < 4.78 is 6.21. The van der Waals surface area contributed by atoms with E-state index in [1.807, 2.05) is 18.2 Å². The van der Waals surface area contributed by atoms with Gasteiger partial charge in [0, 0.05) is 21.0 Å². The molecule has 1 aromatic heterocycles. The fourth-order valence-electron chi connectivity index (χ4n) is 2.93. The molecule has 0 radical (unpaired) electrons. The minimum absolute atomic E-state index is 0.253. The second-order valence-corrected chi connectivity index (χ2v) is 7.76. The summed E-state index contributed by atoms with van der Waals surface area (Å²) in [6, 6.07) is 7.85. The third-order valence-electron chi connectivity index (χ3n) is 4.13. The molecule has 3 rings (SSSR count). The molecule has 0 bridgehead atoms. The Morgan fingerprint density at radius 2 is 2.20 bits per heavy atom. The Morgan fingerprint density at radius 3 is 2.96 bits per heavy atom. The van der Waals surface area contributed by atoms with Crippen molar-refractivity contribution in [2.45, 2.75) is 25.7 Å². The van der Waals surface area contributed by atoms with Crippen molar-refractivity contribution in [1.29, 1.82) is 5.26 Å². The van der Waals surface area contributed by atoms with Crippen LogP contribution in [0.1, 0.15) is 34.4 Å². The molecular weight excluding hydrogens is 400 g/mol. The molecule has 1 aromatic carbocycles. The molecule has 128 valence electrons. The second-order valence-electron chi connectivity index (χ2n) is 5.74. The maximum Gasteiger partial charge on any atom is 0.249 e. The molecule has 0 atom stereocenters. The number of fused-ring (bicyclic) bond motifs is 1. The number of hydrogen-bond donors (Lipinski definition) is 1. The van der Waals surface area contributed by atoms with Crippen molar-refractivity contribution < 1.29 is 9.53 Å². The number of hydrogen-bond acceptors (Lipinski definition) is 4. The highest BCUT2D eigenvalue weighted by atomic mass is 79.9. The highest BCUT2D eigenvalue weighted by Gasteiger charge is 2.21. The standard InChI is InChI=1S/C19H17BrN2O2S/c1-24-16-8-7-13(20)10-12(16)6-9-18(23)22-19-15(11-21)14-4-2-3-5-17(14)25-19/h6-10H,2-5H2,1H3,(H,22,23). The van der Waals surface area contributed by atoms with E-state index >= 15 is 0 Å². The molecule has 25 heavy (non-hydrogen) atoms. The summed E-state index contributed by atoms with van der Waals surface area (Å²) in [4.78, 5) is 13.5. The van der Waals surface area contributed by atoms with Crippen molar-refractivity contribution in [3.05, 3.63) is 50.3 Å². The normalized spacial score (nSPS) is 13.3. The van der Waals surface area contributed by atoms with E-state index in [0.29, 0.717) is 16.3 Å². The first-order valence-corrected chi connectivity index (χ1v) is 9.60. The third kappa shape index (κ3) is 3.94. The first-order valence-electron chi connectivity index (χ1n) is 7.99. The van der Waals surface area contributed by atoms with Crippen molar-refractivity contribution in [3.63, 3.8) is 0 Å². The number of carbonyl (C=O) groups excluding carboxylic acids is 1. The minimum Gasteiger partial charge on any atom is -0.496 e. The van der Waals surface area contributed by atoms with E-state index in [1.54, 1.807) is 13.2 Å². The molecule has 0 fully saturated rings. The van der Waals surface area contributed by atoms with Gasteiger partial charge < -0.3 is 10.1 Å². The number of thiophene rings is 1. The van der Waals surface area contributed by atoms with Crippen LogP contribution in [0.3, 0.4) is 0 Å². The lowest BCUT2D eigenvalue weighted by Gasteiger charge is -2.09. The first-order chi connectivity index (χ1) is 12.1. The highest BCUT2D eigenvalue weighted by molar-refractivity contribution is 9.10. The number of halogens is 1. The maximum atomic E-state index is 12.3. The fourth-order valence-corrected chi connectivity index (χ4v) is 4.55. The fraction of sp³-hybridized carbons (Fsp3) is 0.263. The van der Waals surface area contributed by atoms with Crippen LogP contribution in [-0.4, -0.2) is 13.0 Å². The van der Waals surface area contributed by atoms with Gasteiger partial charge in [-0.25, -0.2) is 0 Å². The van der Waals surface area contributed by atoms with Gasteiger partial charge in [-0.2, -0.15) is 5.26 Å². The van der Waals surface area contributed by atoms with Gasteiger partial charge in [0.15, 0.2) is 0 Å². The molecule has 2 aromatic rings. The Balaban J connectivity index is 1.79. The molecule has 0 saturated carbocycles. The average molecular weight is 417 g/mol. The molecule has 0 spiro atoms. The quantitative estimate of drug-likeness (QED) is 0.719. The zero-order chi connectivity index (χ0) is 17.8. The molecule has 1 aliphatic carbocycles. The predicted molar refractivity (Wildman–Crippen MR) is 104 cm³/mol. The molecule has 1 amide bonds. The lowest BCUT2D eigenvalue weighted by Crippen LogP contribution is -2.08. The summed E-state index contributed by atoms with van der Waals surface area (Å²) in [7, 11) is 1.59. The van der Waals surface area contributed by atoms with Gasteiger partial charge in [-0.1, -0.05) is 15.9 Å². The number of carbonyl (C=O) groups is 1. The Morgan fingerprint density at radius 1 is 1.40 bits per heavy atom. The highest BCUT2D eigenvalue weighted by Crippen LogP contribution is 2.37. The Kier molecular flexibility index (Phi) is 5.57. The zero-order valence-electron chi connectivity index (χ0n) is 13.8. The number of nitriles is 1. The summed E-state index contributed by atoms with van der Waals surface area (Å²) in [5.41, 5.74) is 2.55. The minimum atomic E-state index is -0.253. The first kappa shape index (κ1) is 17.7. The molecule has 6 heteroatoms. The van der Waals surface area contributed by atoms with E-state index < -0.39 is 0 Å². The largest absolute Gasteiger partial charge is 0.496 e. The number of nitrogens with zero attached hydrogens (tertiary/aromatic N) is 1. The molecule has 0 aliphatic heterocycles. The van der Waals surface area contributed by atoms with Gasteiger partial charge in [0.05, 0.1) is 12.7 Å². The van der Waals surface area contributed by atoms with Crippen LogP contribution in [0.5, 0.6) is 5.75 Å². The van der Waals surface area contributed by atoms with Gasteiger partial charge in [-0.15, -0.1) is 11.3 Å².